The number of aryl methyl sites for hydroxylation is 1. The van der Waals surface area contributed by atoms with Crippen LogP contribution in [0.2, 0.25) is 0 Å². The lowest BCUT2D eigenvalue weighted by molar-refractivity contribution is -0.125. The largest absolute Gasteiger partial charge is 0.353 e. The molecule has 152 valence electrons. The Balaban J connectivity index is 1.44. The summed E-state index contributed by atoms with van der Waals surface area (Å²) in [5, 5.41) is 6.27. The summed E-state index contributed by atoms with van der Waals surface area (Å²) in [5.41, 5.74) is 2.98. The van der Waals surface area contributed by atoms with Crippen LogP contribution in [-0.2, 0) is 9.59 Å². The van der Waals surface area contributed by atoms with E-state index in [1.54, 1.807) is 0 Å². The second-order valence-electron chi connectivity index (χ2n) is 8.26. The lowest BCUT2D eigenvalue weighted by atomic mass is 9.98. The maximum absolute atomic E-state index is 13.2. The normalized spacial score (nSPS) is 18.8. The average Bonchev–Trinajstić information content (AvgIpc) is 3.58. The third kappa shape index (κ3) is 5.04. The highest BCUT2D eigenvalue weighted by Crippen LogP contribution is 2.30. The Labute approximate surface area is 172 Å². The number of amides is 2. The van der Waals surface area contributed by atoms with Gasteiger partial charge < -0.3 is 10.6 Å². The van der Waals surface area contributed by atoms with Crippen LogP contribution in [0.3, 0.4) is 0 Å². The van der Waals surface area contributed by atoms with Crippen molar-refractivity contribution in [2.45, 2.75) is 44.7 Å². The molecule has 2 aliphatic rings. The van der Waals surface area contributed by atoms with Crippen molar-refractivity contribution < 1.29 is 9.59 Å². The first-order valence-electron chi connectivity index (χ1n) is 10.6. The first kappa shape index (κ1) is 19.6. The molecule has 1 unspecified atom stereocenters. The Morgan fingerprint density at radius 1 is 0.931 bits per heavy atom. The molecule has 1 heterocycles. The van der Waals surface area contributed by atoms with Crippen molar-refractivity contribution in [3.8, 4) is 0 Å². The third-order valence-electron chi connectivity index (χ3n) is 5.87. The van der Waals surface area contributed by atoms with Crippen LogP contribution in [0, 0.1) is 12.8 Å². The molecule has 1 saturated heterocycles. The summed E-state index contributed by atoms with van der Waals surface area (Å²) in [6, 6.07) is 17.7. The number of nitrogens with zero attached hydrogens (tertiary/aromatic N) is 1. The summed E-state index contributed by atoms with van der Waals surface area (Å²) < 4.78 is 0. The Kier molecular flexibility index (Phi) is 5.95. The highest BCUT2D eigenvalue weighted by atomic mass is 16.2. The van der Waals surface area contributed by atoms with Crippen molar-refractivity contribution in [1.29, 1.82) is 0 Å². The van der Waals surface area contributed by atoms with Crippen LogP contribution in [0.4, 0.5) is 5.69 Å². The number of piperidine rings is 1. The Hall–Kier alpha value is -2.66. The minimum atomic E-state index is -0.336. The number of anilines is 1. The van der Waals surface area contributed by atoms with Crippen molar-refractivity contribution in [1.82, 2.24) is 10.2 Å². The van der Waals surface area contributed by atoms with Crippen LogP contribution in [0.25, 0.3) is 0 Å². The van der Waals surface area contributed by atoms with E-state index in [0.29, 0.717) is 0 Å². The molecule has 2 aromatic carbocycles. The average molecular weight is 392 g/mol. The smallest absolute Gasteiger partial charge is 0.246 e. The van der Waals surface area contributed by atoms with Gasteiger partial charge in [0.1, 0.15) is 6.04 Å². The number of likely N-dealkylation sites (tertiary alicyclic amines) is 1. The molecule has 5 heteroatoms. The van der Waals surface area contributed by atoms with Gasteiger partial charge in [0, 0.05) is 30.7 Å². The van der Waals surface area contributed by atoms with Gasteiger partial charge in [-0.25, -0.2) is 0 Å². The molecule has 2 N–H and O–H groups in total. The minimum absolute atomic E-state index is 0.0134. The Morgan fingerprint density at radius 3 is 2.21 bits per heavy atom. The predicted molar refractivity (Wildman–Crippen MR) is 114 cm³/mol. The molecule has 5 nitrogen and oxygen atoms in total. The summed E-state index contributed by atoms with van der Waals surface area (Å²) in [7, 11) is 0. The van der Waals surface area contributed by atoms with E-state index < -0.39 is 0 Å². The number of carbonyl (C=O) groups excluding carboxylic acids is 2. The third-order valence-corrected chi connectivity index (χ3v) is 5.87. The zero-order valence-corrected chi connectivity index (χ0v) is 16.9. The number of nitrogens with one attached hydrogen (secondary N) is 2. The highest BCUT2D eigenvalue weighted by Gasteiger charge is 2.34. The van der Waals surface area contributed by atoms with Crippen LogP contribution >= 0.6 is 0 Å². The van der Waals surface area contributed by atoms with Crippen molar-refractivity contribution in [3.05, 3.63) is 65.7 Å². The zero-order chi connectivity index (χ0) is 20.2. The summed E-state index contributed by atoms with van der Waals surface area (Å²) in [6.45, 7) is 3.61. The van der Waals surface area contributed by atoms with Gasteiger partial charge in [0.15, 0.2) is 0 Å². The number of benzene rings is 2. The van der Waals surface area contributed by atoms with Crippen molar-refractivity contribution >= 4 is 17.5 Å². The maximum Gasteiger partial charge on any atom is 0.246 e. The fraction of sp³-hybridized carbons (Fsp3) is 0.417. The van der Waals surface area contributed by atoms with Gasteiger partial charge in [0.25, 0.3) is 0 Å². The van der Waals surface area contributed by atoms with Gasteiger partial charge in [-0.3, -0.25) is 14.5 Å². The molecule has 2 fully saturated rings. The second kappa shape index (κ2) is 8.78. The van der Waals surface area contributed by atoms with E-state index in [1.165, 1.54) is 0 Å². The van der Waals surface area contributed by atoms with Crippen molar-refractivity contribution in [3.63, 3.8) is 0 Å². The van der Waals surface area contributed by atoms with Crippen LogP contribution < -0.4 is 10.6 Å². The lowest BCUT2D eigenvalue weighted by Gasteiger charge is -2.37. The molecule has 1 saturated carbocycles. The van der Waals surface area contributed by atoms with Crippen molar-refractivity contribution in [2.75, 3.05) is 18.4 Å². The van der Waals surface area contributed by atoms with Gasteiger partial charge >= 0.3 is 0 Å². The van der Waals surface area contributed by atoms with E-state index in [4.69, 9.17) is 0 Å². The fourth-order valence-corrected chi connectivity index (χ4v) is 3.98. The second-order valence-corrected chi connectivity index (χ2v) is 8.26. The number of hydrogen-bond donors (Lipinski definition) is 2. The molecule has 0 radical (unpaired) electrons. The molecule has 4 rings (SSSR count). The zero-order valence-electron chi connectivity index (χ0n) is 16.9. The van der Waals surface area contributed by atoms with E-state index in [2.05, 4.69) is 15.5 Å². The lowest BCUT2D eigenvalue weighted by Crippen LogP contribution is -2.48. The molecule has 29 heavy (non-hydrogen) atoms. The number of carbonyl (C=O) groups is 2. The Morgan fingerprint density at radius 2 is 1.59 bits per heavy atom. The molecule has 0 bridgehead atoms. The van der Waals surface area contributed by atoms with Gasteiger partial charge in [0.05, 0.1) is 0 Å². The fourth-order valence-electron chi connectivity index (χ4n) is 3.98. The van der Waals surface area contributed by atoms with Gasteiger partial charge in [-0.2, -0.15) is 0 Å². The molecule has 0 aromatic heterocycles. The molecule has 0 spiro atoms. The van der Waals surface area contributed by atoms with Gasteiger partial charge in [-0.1, -0.05) is 48.0 Å². The molecule has 1 atom stereocenters. The van der Waals surface area contributed by atoms with Gasteiger partial charge in [-0.05, 0) is 50.3 Å². The SMILES string of the molecule is Cc1ccc(NC(=O)C(c2ccccc2)N2CCC(NC(=O)C3CC3)CC2)cc1. The van der Waals surface area contributed by atoms with E-state index in [1.807, 2.05) is 61.5 Å². The minimum Gasteiger partial charge on any atom is -0.353 e. The van der Waals surface area contributed by atoms with Crippen LogP contribution in [-0.4, -0.2) is 35.8 Å². The van der Waals surface area contributed by atoms with E-state index in [0.717, 1.165) is 55.6 Å². The number of hydrogen-bond acceptors (Lipinski definition) is 3. The topological polar surface area (TPSA) is 61.4 Å². The maximum atomic E-state index is 13.2. The molecular formula is C24H29N3O2. The molecular weight excluding hydrogens is 362 g/mol. The monoisotopic (exact) mass is 391 g/mol. The number of rotatable bonds is 6. The van der Waals surface area contributed by atoms with Crippen molar-refractivity contribution in [2.24, 2.45) is 5.92 Å². The summed E-state index contributed by atoms with van der Waals surface area (Å²) in [5.74, 6) is 0.436. The first-order chi connectivity index (χ1) is 14.1. The quantitative estimate of drug-likeness (QED) is 0.790. The molecule has 1 aliphatic carbocycles. The summed E-state index contributed by atoms with van der Waals surface area (Å²) >= 11 is 0. The summed E-state index contributed by atoms with van der Waals surface area (Å²) in [4.78, 5) is 27.5. The van der Waals surface area contributed by atoms with E-state index in [-0.39, 0.29) is 29.8 Å². The Bertz CT molecular complexity index is 838. The standard InChI is InChI=1S/C24H29N3O2/c1-17-7-11-20(12-8-17)26-24(29)22(18-5-3-2-4-6-18)27-15-13-21(14-16-27)25-23(28)19-9-10-19/h2-8,11-12,19,21-22H,9-10,13-16H2,1H3,(H,25,28)(H,26,29). The van der Waals surface area contributed by atoms with Crippen LogP contribution in [0.1, 0.15) is 42.9 Å². The predicted octanol–water partition coefficient (Wildman–Crippen LogP) is 3.67. The molecule has 2 aromatic rings. The first-order valence-corrected chi connectivity index (χ1v) is 10.6. The van der Waals surface area contributed by atoms with Crippen LogP contribution in [0.5, 0.6) is 0 Å². The van der Waals surface area contributed by atoms with E-state index in [9.17, 15) is 9.59 Å². The van der Waals surface area contributed by atoms with E-state index >= 15 is 0 Å². The summed E-state index contributed by atoms with van der Waals surface area (Å²) in [6.07, 6.45) is 3.80. The van der Waals surface area contributed by atoms with Gasteiger partial charge in [0.2, 0.25) is 11.8 Å². The molecule has 2 amide bonds. The van der Waals surface area contributed by atoms with Crippen LogP contribution in [0.15, 0.2) is 54.6 Å². The molecule has 1 aliphatic heterocycles. The van der Waals surface area contributed by atoms with Gasteiger partial charge in [-0.15, -0.1) is 0 Å². The highest BCUT2D eigenvalue weighted by molar-refractivity contribution is 5.95.